The number of halogens is 1. The summed E-state index contributed by atoms with van der Waals surface area (Å²) in [6.07, 6.45) is 3.61. The maximum Gasteiger partial charge on any atom is 0.325 e. The molecule has 2 N–H and O–H groups in total. The van der Waals surface area contributed by atoms with Gasteiger partial charge in [0.25, 0.3) is 0 Å². The summed E-state index contributed by atoms with van der Waals surface area (Å²) >= 11 is 4.80. The molecule has 0 spiro atoms. The van der Waals surface area contributed by atoms with Crippen LogP contribution in [0.15, 0.2) is 28.7 Å². The van der Waals surface area contributed by atoms with Gasteiger partial charge >= 0.3 is 6.03 Å². The monoisotopic (exact) mass is 395 g/mol. The van der Waals surface area contributed by atoms with E-state index in [-0.39, 0.29) is 6.03 Å². The summed E-state index contributed by atoms with van der Waals surface area (Å²) in [6.45, 7) is 3.20. The standard InChI is InChI=1S/C15H18BrN5OS/c1-10-6-4-5-9-21(10)15-20-19-14(23-15)18-13(22)17-12-8-3-2-7-11(12)16/h2-3,7-8,10H,4-6,9H2,1H3,(H2,17,18,19,22)/t10-/m0/s1. The first-order valence-corrected chi connectivity index (χ1v) is 9.17. The molecule has 0 saturated carbocycles. The lowest BCUT2D eigenvalue weighted by molar-refractivity contribution is 0.262. The van der Waals surface area contributed by atoms with Crippen LogP contribution in [0.2, 0.25) is 0 Å². The van der Waals surface area contributed by atoms with Gasteiger partial charge in [0.1, 0.15) is 0 Å². The average Bonchev–Trinajstić information content (AvgIpc) is 2.98. The van der Waals surface area contributed by atoms with Gasteiger partial charge < -0.3 is 10.2 Å². The Morgan fingerprint density at radius 1 is 1.30 bits per heavy atom. The molecule has 1 aliphatic heterocycles. The third-order valence-electron chi connectivity index (χ3n) is 3.81. The van der Waals surface area contributed by atoms with Crippen molar-refractivity contribution in [2.75, 3.05) is 22.1 Å². The number of nitrogens with zero attached hydrogens (tertiary/aromatic N) is 3. The van der Waals surface area contributed by atoms with Gasteiger partial charge in [-0.25, -0.2) is 4.79 Å². The minimum atomic E-state index is -0.328. The lowest BCUT2D eigenvalue weighted by Crippen LogP contribution is -2.37. The molecule has 2 aromatic rings. The highest BCUT2D eigenvalue weighted by Crippen LogP contribution is 2.29. The number of anilines is 3. The fourth-order valence-corrected chi connectivity index (χ4v) is 3.83. The predicted octanol–water partition coefficient (Wildman–Crippen LogP) is 4.32. The van der Waals surface area contributed by atoms with Crippen LogP contribution in [-0.4, -0.2) is 28.8 Å². The molecule has 8 heteroatoms. The van der Waals surface area contributed by atoms with E-state index in [0.29, 0.717) is 16.9 Å². The number of carbonyl (C=O) groups is 1. The average molecular weight is 396 g/mol. The van der Waals surface area contributed by atoms with E-state index >= 15 is 0 Å². The maximum absolute atomic E-state index is 12.1. The van der Waals surface area contributed by atoms with E-state index in [0.717, 1.165) is 16.1 Å². The molecule has 3 rings (SSSR count). The number of rotatable bonds is 3. The summed E-state index contributed by atoms with van der Waals surface area (Å²) in [5, 5.41) is 15.2. The Balaban J connectivity index is 1.62. The molecule has 1 aliphatic rings. The Bertz CT molecular complexity index is 692. The Morgan fingerprint density at radius 2 is 2.13 bits per heavy atom. The predicted molar refractivity (Wildman–Crippen MR) is 97.4 cm³/mol. The third kappa shape index (κ3) is 4.00. The number of hydrogen-bond acceptors (Lipinski definition) is 5. The first-order valence-electron chi connectivity index (χ1n) is 7.56. The number of piperidine rings is 1. The Kier molecular flexibility index (Phi) is 5.12. The number of hydrogen-bond donors (Lipinski definition) is 2. The number of amides is 2. The smallest absolute Gasteiger partial charge is 0.325 e. The van der Waals surface area contributed by atoms with Crippen molar-refractivity contribution in [1.82, 2.24) is 10.2 Å². The summed E-state index contributed by atoms with van der Waals surface area (Å²) in [4.78, 5) is 14.3. The normalized spacial score (nSPS) is 17.8. The molecule has 0 bridgehead atoms. The van der Waals surface area contributed by atoms with Crippen LogP contribution in [0, 0.1) is 0 Å². The molecule has 0 aliphatic carbocycles. The van der Waals surface area contributed by atoms with Crippen LogP contribution in [0.1, 0.15) is 26.2 Å². The highest BCUT2D eigenvalue weighted by atomic mass is 79.9. The SMILES string of the molecule is C[C@H]1CCCCN1c1nnc(NC(=O)Nc2ccccc2Br)s1. The van der Waals surface area contributed by atoms with Crippen molar-refractivity contribution in [1.29, 1.82) is 0 Å². The van der Waals surface area contributed by atoms with Gasteiger partial charge in [-0.05, 0) is 54.2 Å². The van der Waals surface area contributed by atoms with Crippen molar-refractivity contribution < 1.29 is 4.79 Å². The highest BCUT2D eigenvalue weighted by molar-refractivity contribution is 9.10. The fraction of sp³-hybridized carbons (Fsp3) is 0.400. The van der Waals surface area contributed by atoms with Gasteiger partial charge in [0.15, 0.2) is 0 Å². The van der Waals surface area contributed by atoms with Crippen molar-refractivity contribution in [3.05, 3.63) is 28.7 Å². The van der Waals surface area contributed by atoms with Gasteiger partial charge in [-0.15, -0.1) is 10.2 Å². The van der Waals surface area contributed by atoms with Crippen molar-refractivity contribution in [2.24, 2.45) is 0 Å². The van der Waals surface area contributed by atoms with Crippen LogP contribution in [-0.2, 0) is 0 Å². The van der Waals surface area contributed by atoms with Crippen molar-refractivity contribution in [3.8, 4) is 0 Å². The van der Waals surface area contributed by atoms with Crippen molar-refractivity contribution in [2.45, 2.75) is 32.2 Å². The number of urea groups is 1. The summed E-state index contributed by atoms with van der Waals surface area (Å²) in [5.41, 5.74) is 0.708. The molecule has 1 atom stereocenters. The number of carbonyl (C=O) groups excluding carboxylic acids is 1. The third-order valence-corrected chi connectivity index (χ3v) is 5.37. The van der Waals surface area contributed by atoms with E-state index in [1.54, 1.807) is 0 Å². The van der Waals surface area contributed by atoms with Gasteiger partial charge in [0.05, 0.1) is 5.69 Å². The topological polar surface area (TPSA) is 70.2 Å². The van der Waals surface area contributed by atoms with E-state index < -0.39 is 0 Å². The lowest BCUT2D eigenvalue weighted by Gasteiger charge is -2.32. The largest absolute Gasteiger partial charge is 0.344 e. The van der Waals surface area contributed by atoms with Crippen LogP contribution in [0.25, 0.3) is 0 Å². The number of benzene rings is 1. The first-order chi connectivity index (χ1) is 11.1. The van der Waals surface area contributed by atoms with Gasteiger partial charge in [-0.3, -0.25) is 5.32 Å². The molecular formula is C15H18BrN5OS. The first kappa shape index (κ1) is 16.2. The zero-order valence-corrected chi connectivity index (χ0v) is 15.2. The minimum absolute atomic E-state index is 0.328. The second-order valence-electron chi connectivity index (χ2n) is 5.49. The molecule has 2 amide bonds. The fourth-order valence-electron chi connectivity index (χ4n) is 2.58. The lowest BCUT2D eigenvalue weighted by atomic mass is 10.1. The van der Waals surface area contributed by atoms with E-state index in [1.165, 1.54) is 30.6 Å². The summed E-state index contributed by atoms with van der Waals surface area (Å²) in [6, 6.07) is 7.59. The van der Waals surface area contributed by atoms with Crippen LogP contribution >= 0.6 is 27.3 Å². The second kappa shape index (κ2) is 7.27. The van der Waals surface area contributed by atoms with Gasteiger partial charge in [-0.2, -0.15) is 0 Å². The quantitative estimate of drug-likeness (QED) is 0.811. The molecular weight excluding hydrogens is 378 g/mol. The number of para-hydroxylation sites is 1. The van der Waals surface area contributed by atoms with E-state index in [4.69, 9.17) is 0 Å². The van der Waals surface area contributed by atoms with Crippen LogP contribution in [0.4, 0.5) is 20.7 Å². The number of nitrogens with one attached hydrogen (secondary N) is 2. The molecule has 6 nitrogen and oxygen atoms in total. The molecule has 0 unspecified atom stereocenters. The van der Waals surface area contributed by atoms with Crippen LogP contribution in [0.5, 0.6) is 0 Å². The van der Waals surface area contributed by atoms with Crippen LogP contribution in [0.3, 0.4) is 0 Å². The van der Waals surface area contributed by atoms with E-state index in [9.17, 15) is 4.79 Å². The second-order valence-corrected chi connectivity index (χ2v) is 7.30. The van der Waals surface area contributed by atoms with Gasteiger partial charge in [-0.1, -0.05) is 23.5 Å². The number of aromatic nitrogens is 2. The van der Waals surface area contributed by atoms with Crippen molar-refractivity contribution >= 4 is 49.2 Å². The maximum atomic E-state index is 12.1. The van der Waals surface area contributed by atoms with Crippen LogP contribution < -0.4 is 15.5 Å². The zero-order chi connectivity index (χ0) is 16.2. The minimum Gasteiger partial charge on any atom is -0.344 e. The van der Waals surface area contributed by atoms with E-state index in [1.807, 2.05) is 24.3 Å². The highest BCUT2D eigenvalue weighted by Gasteiger charge is 2.22. The summed E-state index contributed by atoms with van der Waals surface area (Å²) in [7, 11) is 0. The Hall–Kier alpha value is -1.67. The molecule has 0 radical (unpaired) electrons. The zero-order valence-electron chi connectivity index (χ0n) is 12.8. The van der Waals surface area contributed by atoms with Gasteiger partial charge in [0.2, 0.25) is 10.3 Å². The Morgan fingerprint density at radius 3 is 2.91 bits per heavy atom. The molecule has 1 aromatic carbocycles. The molecule has 1 aromatic heterocycles. The Labute approximate surface area is 147 Å². The molecule has 23 heavy (non-hydrogen) atoms. The van der Waals surface area contributed by atoms with Gasteiger partial charge in [0, 0.05) is 17.1 Å². The van der Waals surface area contributed by atoms with E-state index in [2.05, 4.69) is 48.6 Å². The molecule has 122 valence electrons. The van der Waals surface area contributed by atoms with Crippen molar-refractivity contribution in [3.63, 3.8) is 0 Å². The molecule has 1 saturated heterocycles. The summed E-state index contributed by atoms with van der Waals surface area (Å²) in [5.74, 6) is 0. The molecule has 2 heterocycles. The summed E-state index contributed by atoms with van der Waals surface area (Å²) < 4.78 is 0.829. The molecule has 1 fully saturated rings.